The van der Waals surface area contributed by atoms with Gasteiger partial charge in [0.2, 0.25) is 0 Å². The van der Waals surface area contributed by atoms with Crippen LogP contribution >= 0.6 is 15.9 Å². The van der Waals surface area contributed by atoms with Crippen molar-refractivity contribution in [1.82, 2.24) is 4.98 Å². The lowest BCUT2D eigenvalue weighted by molar-refractivity contribution is 0.0691. The predicted octanol–water partition coefficient (Wildman–Crippen LogP) is 1.15. The van der Waals surface area contributed by atoms with E-state index >= 15 is 0 Å². The highest BCUT2D eigenvalue weighted by atomic mass is 79.9. The fraction of sp³-hybridized carbons (Fsp3) is 0.250. The van der Waals surface area contributed by atoms with E-state index in [1.807, 2.05) is 0 Å². The lowest BCUT2D eigenvalue weighted by Gasteiger charge is -2.07. The first-order chi connectivity index (χ1) is 6.49. The topological polar surface area (TPSA) is 79.4 Å². The highest BCUT2D eigenvalue weighted by Crippen LogP contribution is 2.24. The first-order valence-electron chi connectivity index (χ1n) is 3.68. The molecule has 1 heterocycles. The Hall–Kier alpha value is -1.30. The summed E-state index contributed by atoms with van der Waals surface area (Å²) in [5, 5.41) is 8.86. The van der Waals surface area contributed by atoms with Gasteiger partial charge in [0.15, 0.2) is 5.75 Å². The number of methoxy groups -OCH3 is 1. The highest BCUT2D eigenvalue weighted by Gasteiger charge is 2.20. The van der Waals surface area contributed by atoms with E-state index in [1.54, 1.807) is 6.92 Å². The van der Waals surface area contributed by atoms with Crippen LogP contribution in [0.4, 0.5) is 0 Å². The maximum atomic E-state index is 11.3. The number of H-pyrrole nitrogens is 1. The van der Waals surface area contributed by atoms with Crippen LogP contribution in [0.15, 0.2) is 9.27 Å². The van der Waals surface area contributed by atoms with Crippen LogP contribution in [0, 0.1) is 6.92 Å². The van der Waals surface area contributed by atoms with Crippen LogP contribution in [0.25, 0.3) is 0 Å². The number of rotatable bonds is 2. The number of hydrogen-bond donors (Lipinski definition) is 2. The lowest BCUT2D eigenvalue weighted by atomic mass is 10.2. The smallest absolute Gasteiger partial charge is 0.340 e. The molecule has 0 radical (unpaired) electrons. The zero-order valence-electron chi connectivity index (χ0n) is 7.55. The Balaban J connectivity index is 3.65. The molecule has 0 aliphatic heterocycles. The molecule has 0 aliphatic carbocycles. The monoisotopic (exact) mass is 261 g/mol. The second kappa shape index (κ2) is 3.83. The molecule has 0 amide bonds. The molecular weight excluding hydrogens is 254 g/mol. The minimum atomic E-state index is -1.21. The van der Waals surface area contributed by atoms with Crippen molar-refractivity contribution < 1.29 is 14.6 Å². The van der Waals surface area contributed by atoms with Gasteiger partial charge < -0.3 is 14.8 Å². The minimum Gasteiger partial charge on any atom is -0.490 e. The van der Waals surface area contributed by atoms with Gasteiger partial charge >= 0.3 is 5.97 Å². The maximum Gasteiger partial charge on any atom is 0.340 e. The molecule has 0 aliphatic rings. The molecule has 2 N–H and O–H groups in total. The van der Waals surface area contributed by atoms with E-state index in [2.05, 4.69) is 20.9 Å². The zero-order chi connectivity index (χ0) is 10.9. The molecule has 6 heteroatoms. The van der Waals surface area contributed by atoms with Gasteiger partial charge in [-0.15, -0.1) is 0 Å². The molecule has 0 unspecified atom stereocenters. The number of pyridine rings is 1. The Morgan fingerprint density at radius 3 is 2.57 bits per heavy atom. The highest BCUT2D eigenvalue weighted by molar-refractivity contribution is 9.10. The number of carbonyl (C=O) groups is 1. The molecule has 0 fully saturated rings. The fourth-order valence-electron chi connectivity index (χ4n) is 1.07. The lowest BCUT2D eigenvalue weighted by Crippen LogP contribution is -2.17. The van der Waals surface area contributed by atoms with Crippen molar-refractivity contribution in [3.05, 3.63) is 26.1 Å². The third-order valence-electron chi connectivity index (χ3n) is 1.70. The number of aromatic nitrogens is 1. The summed E-state index contributed by atoms with van der Waals surface area (Å²) in [5.74, 6) is -1.40. The van der Waals surface area contributed by atoms with Crippen LogP contribution in [-0.2, 0) is 0 Å². The number of carboxylic acids is 1. The minimum absolute atomic E-state index is 0.159. The van der Waals surface area contributed by atoms with Crippen molar-refractivity contribution in [1.29, 1.82) is 0 Å². The number of aromatic amines is 1. The second-order valence-corrected chi connectivity index (χ2v) is 3.40. The molecule has 14 heavy (non-hydrogen) atoms. The van der Waals surface area contributed by atoms with E-state index < -0.39 is 11.5 Å². The molecule has 0 saturated carbocycles. The Morgan fingerprint density at radius 1 is 1.57 bits per heavy atom. The molecule has 0 spiro atoms. The summed E-state index contributed by atoms with van der Waals surface area (Å²) in [6.45, 7) is 1.59. The normalized spacial score (nSPS) is 9.93. The Morgan fingerprint density at radius 2 is 2.14 bits per heavy atom. The molecule has 0 saturated heterocycles. The number of aromatic carboxylic acids is 1. The standard InChI is InChI=1S/C8H8BrNO4/c1-3-5(9)4(8(12)13)6(14-2)7(11)10-3/h1-2H3,(H,10,11)(H,12,13). The fourth-order valence-corrected chi connectivity index (χ4v) is 1.52. The quantitative estimate of drug-likeness (QED) is 0.837. The summed E-state index contributed by atoms with van der Waals surface area (Å²) in [7, 11) is 1.25. The van der Waals surface area contributed by atoms with Crippen LogP contribution in [0.5, 0.6) is 5.75 Å². The van der Waals surface area contributed by atoms with E-state index in [0.717, 1.165) is 0 Å². The summed E-state index contributed by atoms with van der Waals surface area (Å²) in [5.41, 5.74) is -0.257. The van der Waals surface area contributed by atoms with Gasteiger partial charge in [0, 0.05) is 5.69 Å². The van der Waals surface area contributed by atoms with Gasteiger partial charge in [-0.25, -0.2) is 4.79 Å². The van der Waals surface area contributed by atoms with Crippen LogP contribution in [0.3, 0.4) is 0 Å². The number of carboxylic acid groups (broad SMARTS) is 1. The first-order valence-corrected chi connectivity index (χ1v) is 4.48. The summed E-state index contributed by atoms with van der Waals surface area (Å²) in [6, 6.07) is 0. The number of hydrogen-bond acceptors (Lipinski definition) is 3. The van der Waals surface area contributed by atoms with Crippen molar-refractivity contribution >= 4 is 21.9 Å². The first kappa shape index (κ1) is 10.8. The average molecular weight is 262 g/mol. The summed E-state index contributed by atoms with van der Waals surface area (Å²) < 4.78 is 5.04. The molecule has 76 valence electrons. The van der Waals surface area contributed by atoms with Gasteiger partial charge in [0.1, 0.15) is 5.56 Å². The number of aryl methyl sites for hydroxylation is 1. The van der Waals surface area contributed by atoms with Gasteiger partial charge in [-0.05, 0) is 22.9 Å². The molecule has 0 atom stereocenters. The van der Waals surface area contributed by atoms with Gasteiger partial charge in [0.05, 0.1) is 11.6 Å². The third-order valence-corrected chi connectivity index (χ3v) is 2.69. The van der Waals surface area contributed by atoms with Gasteiger partial charge in [-0.3, -0.25) is 4.79 Å². The van der Waals surface area contributed by atoms with Crippen LogP contribution in [-0.4, -0.2) is 23.2 Å². The third kappa shape index (κ3) is 1.65. The van der Waals surface area contributed by atoms with Gasteiger partial charge in [-0.1, -0.05) is 0 Å². The van der Waals surface area contributed by atoms with E-state index in [9.17, 15) is 9.59 Å². The second-order valence-electron chi connectivity index (χ2n) is 2.61. The number of nitrogens with one attached hydrogen (secondary N) is 1. The summed E-state index contributed by atoms with van der Waals surface area (Å²) in [4.78, 5) is 24.6. The van der Waals surface area contributed by atoms with Crippen LogP contribution in [0.2, 0.25) is 0 Å². The molecule has 0 bridgehead atoms. The summed E-state index contributed by atoms with van der Waals surface area (Å²) in [6.07, 6.45) is 0. The SMILES string of the molecule is COc1c(C(=O)O)c(Br)c(C)[nH]c1=O. The molecular formula is C8H8BrNO4. The Labute approximate surface area is 87.8 Å². The van der Waals surface area contributed by atoms with Crippen molar-refractivity contribution in [2.75, 3.05) is 7.11 Å². The molecule has 0 aromatic carbocycles. The van der Waals surface area contributed by atoms with Crippen LogP contribution in [0.1, 0.15) is 16.1 Å². The zero-order valence-corrected chi connectivity index (χ0v) is 9.14. The van der Waals surface area contributed by atoms with Gasteiger partial charge in [0.25, 0.3) is 5.56 Å². The van der Waals surface area contributed by atoms with E-state index in [1.165, 1.54) is 7.11 Å². The number of halogens is 1. The van der Waals surface area contributed by atoms with Crippen molar-refractivity contribution in [3.63, 3.8) is 0 Å². The van der Waals surface area contributed by atoms with Crippen molar-refractivity contribution in [2.24, 2.45) is 0 Å². The van der Waals surface area contributed by atoms with Gasteiger partial charge in [-0.2, -0.15) is 0 Å². The van der Waals surface area contributed by atoms with Crippen molar-refractivity contribution in [2.45, 2.75) is 6.92 Å². The maximum absolute atomic E-state index is 11.3. The molecule has 1 aromatic heterocycles. The Kier molecular flexibility index (Phi) is 2.95. The Bertz CT molecular complexity index is 438. The van der Waals surface area contributed by atoms with Crippen molar-refractivity contribution in [3.8, 4) is 5.75 Å². The predicted molar refractivity (Wildman–Crippen MR) is 53.0 cm³/mol. The number of ether oxygens (including phenoxy) is 1. The largest absolute Gasteiger partial charge is 0.490 e. The summed E-state index contributed by atoms with van der Waals surface area (Å²) >= 11 is 3.08. The van der Waals surface area contributed by atoms with E-state index in [-0.39, 0.29) is 11.3 Å². The molecule has 5 nitrogen and oxygen atoms in total. The average Bonchev–Trinajstić information content (AvgIpc) is 2.10. The van der Waals surface area contributed by atoms with E-state index in [0.29, 0.717) is 10.2 Å². The molecule has 1 aromatic rings. The molecule has 1 rings (SSSR count). The van der Waals surface area contributed by atoms with E-state index in [4.69, 9.17) is 9.84 Å². The van der Waals surface area contributed by atoms with Crippen LogP contribution < -0.4 is 10.3 Å².